The molecule has 1 saturated heterocycles. The van der Waals surface area contributed by atoms with Gasteiger partial charge in [0.1, 0.15) is 0 Å². The molecule has 2 aliphatic carbocycles. The molecule has 0 atom stereocenters. The van der Waals surface area contributed by atoms with Gasteiger partial charge >= 0.3 is 0 Å². The molecule has 3 fully saturated rings. The first-order valence-electron chi connectivity index (χ1n) is 12.0. The van der Waals surface area contributed by atoms with Crippen LogP contribution in [0.15, 0.2) is 24.3 Å². The Balaban J connectivity index is 1.29. The molecular weight excluding hydrogens is 412 g/mol. The highest BCUT2D eigenvalue weighted by atomic mass is 35.5. The monoisotopic (exact) mass is 446 g/mol. The summed E-state index contributed by atoms with van der Waals surface area (Å²) in [6.07, 6.45) is 9.57. The molecule has 4 rings (SSSR count). The molecule has 2 N–H and O–H groups in total. The maximum absolute atomic E-state index is 13.0. The van der Waals surface area contributed by atoms with Crippen LogP contribution in [0.2, 0.25) is 5.02 Å². The molecule has 170 valence electrons. The maximum Gasteiger partial charge on any atom is 0.223 e. The van der Waals surface area contributed by atoms with Gasteiger partial charge in [-0.2, -0.15) is 0 Å². The van der Waals surface area contributed by atoms with Crippen molar-refractivity contribution in [1.29, 1.82) is 0 Å². The van der Waals surface area contributed by atoms with Crippen molar-refractivity contribution in [1.82, 2.24) is 10.6 Å². The third-order valence-electron chi connectivity index (χ3n) is 7.67. The van der Waals surface area contributed by atoms with E-state index < -0.39 is 0 Å². The first-order chi connectivity index (χ1) is 15.1. The summed E-state index contributed by atoms with van der Waals surface area (Å²) in [5.41, 5.74) is 0.942. The SMILES string of the molecule is O=C(NCC1(c2ccccc2Cl)CCOCC1)C1CCC(NC(=O)C2CCCC2)CC1. The van der Waals surface area contributed by atoms with Crippen LogP contribution in [-0.2, 0) is 19.7 Å². The van der Waals surface area contributed by atoms with Crippen molar-refractivity contribution >= 4 is 23.4 Å². The number of halogens is 1. The highest BCUT2D eigenvalue weighted by molar-refractivity contribution is 6.31. The Morgan fingerprint density at radius 2 is 1.58 bits per heavy atom. The highest BCUT2D eigenvalue weighted by Gasteiger charge is 2.37. The number of benzene rings is 1. The Hall–Kier alpha value is -1.59. The summed E-state index contributed by atoms with van der Waals surface area (Å²) in [5, 5.41) is 7.25. The highest BCUT2D eigenvalue weighted by Crippen LogP contribution is 2.38. The second kappa shape index (κ2) is 10.4. The Morgan fingerprint density at radius 1 is 0.935 bits per heavy atom. The summed E-state index contributed by atoms with van der Waals surface area (Å²) in [5.74, 6) is 0.606. The number of ether oxygens (including phenoxy) is 1. The fraction of sp³-hybridized carbons (Fsp3) is 0.680. The summed E-state index contributed by atoms with van der Waals surface area (Å²) >= 11 is 6.53. The summed E-state index contributed by atoms with van der Waals surface area (Å²) in [6, 6.07) is 8.19. The van der Waals surface area contributed by atoms with Crippen molar-refractivity contribution in [3.63, 3.8) is 0 Å². The van der Waals surface area contributed by atoms with Crippen LogP contribution in [0.3, 0.4) is 0 Å². The van der Waals surface area contributed by atoms with Gasteiger partial charge < -0.3 is 15.4 Å². The standard InChI is InChI=1S/C25H35ClN2O3/c26-22-8-4-3-7-21(22)25(13-15-31-16-14-25)17-27-23(29)19-9-11-20(12-10-19)28-24(30)18-5-1-2-6-18/h3-4,7-8,18-20H,1-2,5-6,9-17H2,(H,27,29)(H,28,30). The topological polar surface area (TPSA) is 67.4 Å². The molecule has 0 unspecified atom stereocenters. The summed E-state index contributed by atoms with van der Waals surface area (Å²) < 4.78 is 5.60. The van der Waals surface area contributed by atoms with Gasteiger partial charge in [0.15, 0.2) is 0 Å². The van der Waals surface area contributed by atoms with E-state index in [1.54, 1.807) is 0 Å². The van der Waals surface area contributed by atoms with Crippen LogP contribution >= 0.6 is 11.6 Å². The normalized spacial score (nSPS) is 26.4. The van der Waals surface area contributed by atoms with Gasteiger partial charge in [0, 0.05) is 48.1 Å². The van der Waals surface area contributed by atoms with E-state index >= 15 is 0 Å². The van der Waals surface area contributed by atoms with E-state index in [2.05, 4.69) is 16.7 Å². The van der Waals surface area contributed by atoms with E-state index in [-0.39, 0.29) is 35.1 Å². The fourth-order valence-electron chi connectivity index (χ4n) is 5.60. The predicted molar refractivity (Wildman–Crippen MR) is 122 cm³/mol. The molecule has 1 aromatic rings. The summed E-state index contributed by atoms with van der Waals surface area (Å²) in [7, 11) is 0. The molecule has 1 aromatic carbocycles. The second-order valence-corrected chi connectivity index (χ2v) is 10.0. The van der Waals surface area contributed by atoms with Gasteiger partial charge in [0.05, 0.1) is 0 Å². The van der Waals surface area contributed by atoms with E-state index in [4.69, 9.17) is 16.3 Å². The van der Waals surface area contributed by atoms with Crippen LogP contribution in [-0.4, -0.2) is 37.6 Å². The van der Waals surface area contributed by atoms with Crippen molar-refractivity contribution in [3.8, 4) is 0 Å². The van der Waals surface area contributed by atoms with Crippen molar-refractivity contribution < 1.29 is 14.3 Å². The van der Waals surface area contributed by atoms with Gasteiger partial charge in [-0.3, -0.25) is 9.59 Å². The van der Waals surface area contributed by atoms with Gasteiger partial charge in [0.25, 0.3) is 0 Å². The Labute approximate surface area is 190 Å². The summed E-state index contributed by atoms with van der Waals surface area (Å²) in [4.78, 5) is 25.4. The molecule has 5 nitrogen and oxygen atoms in total. The van der Waals surface area contributed by atoms with Gasteiger partial charge in [-0.25, -0.2) is 0 Å². The first kappa shape index (κ1) is 22.6. The van der Waals surface area contributed by atoms with E-state index in [0.29, 0.717) is 19.8 Å². The molecule has 2 amide bonds. The summed E-state index contributed by atoms with van der Waals surface area (Å²) in [6.45, 7) is 1.97. The van der Waals surface area contributed by atoms with Crippen LogP contribution < -0.4 is 10.6 Å². The predicted octanol–water partition coefficient (Wildman–Crippen LogP) is 4.37. The molecule has 3 aliphatic rings. The lowest BCUT2D eigenvalue weighted by Gasteiger charge is -2.39. The van der Waals surface area contributed by atoms with Crippen molar-refractivity contribution in [3.05, 3.63) is 34.9 Å². The van der Waals surface area contributed by atoms with E-state index in [9.17, 15) is 9.59 Å². The number of rotatable bonds is 6. The third-order valence-corrected chi connectivity index (χ3v) is 8.00. The number of hydrogen-bond acceptors (Lipinski definition) is 3. The van der Waals surface area contributed by atoms with Crippen LogP contribution in [0.1, 0.15) is 69.8 Å². The van der Waals surface area contributed by atoms with Crippen LogP contribution in [0.5, 0.6) is 0 Å². The van der Waals surface area contributed by atoms with Crippen molar-refractivity contribution in [2.75, 3.05) is 19.8 Å². The number of nitrogens with one attached hydrogen (secondary N) is 2. The van der Waals surface area contributed by atoms with Gasteiger partial charge in [0.2, 0.25) is 11.8 Å². The van der Waals surface area contributed by atoms with Crippen LogP contribution in [0.25, 0.3) is 0 Å². The molecule has 0 radical (unpaired) electrons. The average Bonchev–Trinajstić information content (AvgIpc) is 3.34. The second-order valence-electron chi connectivity index (χ2n) is 9.63. The first-order valence-corrected chi connectivity index (χ1v) is 12.4. The van der Waals surface area contributed by atoms with Gasteiger partial charge in [-0.15, -0.1) is 0 Å². The molecule has 31 heavy (non-hydrogen) atoms. The number of carbonyl (C=O) groups excluding carboxylic acids is 2. The Morgan fingerprint density at radius 3 is 2.26 bits per heavy atom. The minimum absolute atomic E-state index is 0.0303. The van der Waals surface area contributed by atoms with E-state index in [1.165, 1.54) is 12.8 Å². The zero-order valence-corrected chi connectivity index (χ0v) is 19.1. The van der Waals surface area contributed by atoms with Crippen LogP contribution in [0.4, 0.5) is 0 Å². The minimum atomic E-state index is -0.168. The largest absolute Gasteiger partial charge is 0.381 e. The molecule has 2 saturated carbocycles. The average molecular weight is 447 g/mol. The number of hydrogen-bond donors (Lipinski definition) is 2. The zero-order valence-electron chi connectivity index (χ0n) is 18.3. The molecular formula is C25H35ClN2O3. The minimum Gasteiger partial charge on any atom is -0.381 e. The van der Waals surface area contributed by atoms with E-state index in [1.807, 2.05) is 18.2 Å². The molecule has 0 bridgehead atoms. The Kier molecular flexibility index (Phi) is 7.55. The molecule has 6 heteroatoms. The zero-order chi connectivity index (χ0) is 21.7. The fourth-order valence-corrected chi connectivity index (χ4v) is 5.94. The molecule has 0 spiro atoms. The smallest absolute Gasteiger partial charge is 0.223 e. The quantitative estimate of drug-likeness (QED) is 0.681. The number of amides is 2. The van der Waals surface area contributed by atoms with E-state index in [0.717, 1.165) is 62.0 Å². The van der Waals surface area contributed by atoms with Gasteiger partial charge in [-0.1, -0.05) is 42.6 Å². The lowest BCUT2D eigenvalue weighted by molar-refractivity contribution is -0.127. The third kappa shape index (κ3) is 5.43. The van der Waals surface area contributed by atoms with Crippen molar-refractivity contribution in [2.24, 2.45) is 11.8 Å². The Bertz CT molecular complexity index is 764. The molecule has 0 aromatic heterocycles. The maximum atomic E-state index is 13.0. The molecule has 1 heterocycles. The molecule has 1 aliphatic heterocycles. The van der Waals surface area contributed by atoms with Crippen molar-refractivity contribution in [2.45, 2.75) is 75.7 Å². The lowest BCUT2D eigenvalue weighted by atomic mass is 9.74. The lowest BCUT2D eigenvalue weighted by Crippen LogP contribution is -2.47. The van der Waals surface area contributed by atoms with Crippen LogP contribution in [0, 0.1) is 11.8 Å². The van der Waals surface area contributed by atoms with Gasteiger partial charge in [-0.05, 0) is 63.0 Å². The number of carbonyl (C=O) groups is 2.